The molecule has 0 unspecified atom stereocenters. The van der Waals surface area contributed by atoms with E-state index < -0.39 is 16.0 Å². The highest BCUT2D eigenvalue weighted by atomic mass is 32.2. The lowest BCUT2D eigenvalue weighted by atomic mass is 9.87. The van der Waals surface area contributed by atoms with Crippen LogP contribution in [-0.4, -0.2) is 48.0 Å². The third-order valence-corrected chi connectivity index (χ3v) is 6.45. The Morgan fingerprint density at radius 3 is 2.87 bits per heavy atom. The Bertz CT molecular complexity index is 1270. The minimum absolute atomic E-state index is 0.0419. The van der Waals surface area contributed by atoms with Crippen molar-refractivity contribution in [2.45, 2.75) is 36.9 Å². The van der Waals surface area contributed by atoms with Gasteiger partial charge in [-0.15, -0.1) is 0 Å². The van der Waals surface area contributed by atoms with Gasteiger partial charge in [0.25, 0.3) is 10.0 Å². The molecule has 0 saturated heterocycles. The number of hydrogen-bond donors (Lipinski definition) is 3. The first-order valence-electron chi connectivity index (χ1n) is 9.69. The van der Waals surface area contributed by atoms with Crippen LogP contribution >= 0.6 is 0 Å². The summed E-state index contributed by atoms with van der Waals surface area (Å²) in [7, 11) is -3.83. The molecule has 0 radical (unpaired) electrons. The molecule has 3 aromatic rings. The van der Waals surface area contributed by atoms with E-state index in [1.54, 1.807) is 13.1 Å². The van der Waals surface area contributed by atoms with Crippen LogP contribution in [0.25, 0.3) is 11.0 Å². The Morgan fingerprint density at radius 2 is 2.13 bits per heavy atom. The number of aromatic amines is 1. The second kappa shape index (κ2) is 8.33. The van der Waals surface area contributed by atoms with Crippen LogP contribution in [0.1, 0.15) is 35.7 Å². The number of nitrogens with zero attached hydrogens (tertiary/aromatic N) is 3. The fraction of sp³-hybridized carbons (Fsp3) is 0.300. The molecule has 3 N–H and O–H groups in total. The summed E-state index contributed by atoms with van der Waals surface area (Å²) in [6.07, 6.45) is 5.53. The molecule has 4 rings (SSSR count). The highest BCUT2D eigenvalue weighted by molar-refractivity contribution is 7.89. The molecular weight excluding hydrogens is 420 g/mol. The van der Waals surface area contributed by atoms with Crippen molar-refractivity contribution in [1.82, 2.24) is 19.7 Å². The van der Waals surface area contributed by atoms with Gasteiger partial charge in [-0.2, -0.15) is 5.26 Å². The predicted molar refractivity (Wildman–Crippen MR) is 112 cm³/mol. The molecule has 3 aromatic heterocycles. The predicted octanol–water partition coefficient (Wildman–Crippen LogP) is 1.93. The van der Waals surface area contributed by atoms with Gasteiger partial charge in [0.15, 0.2) is 5.03 Å². The van der Waals surface area contributed by atoms with Crippen molar-refractivity contribution in [3.05, 3.63) is 47.9 Å². The zero-order valence-corrected chi connectivity index (χ0v) is 17.4. The van der Waals surface area contributed by atoms with Gasteiger partial charge in [0.2, 0.25) is 0 Å². The maximum atomic E-state index is 12.5. The number of H-pyrrole nitrogens is 1. The van der Waals surface area contributed by atoms with Crippen LogP contribution in [0.2, 0.25) is 0 Å². The number of fused-ring (bicyclic) bond motifs is 1. The van der Waals surface area contributed by atoms with Crippen LogP contribution in [0.3, 0.4) is 0 Å². The summed E-state index contributed by atoms with van der Waals surface area (Å²) in [6.45, 7) is 1.98. The van der Waals surface area contributed by atoms with Gasteiger partial charge in [-0.25, -0.2) is 27.9 Å². The summed E-state index contributed by atoms with van der Waals surface area (Å²) in [5, 5.41) is 12.9. The van der Waals surface area contributed by atoms with Gasteiger partial charge in [0, 0.05) is 36.1 Å². The molecule has 0 aliphatic heterocycles. The lowest BCUT2D eigenvalue weighted by Gasteiger charge is -2.37. The van der Waals surface area contributed by atoms with Gasteiger partial charge in [-0.05, 0) is 38.0 Å². The van der Waals surface area contributed by atoms with Crippen LogP contribution in [-0.2, 0) is 14.8 Å². The van der Waals surface area contributed by atoms with E-state index in [0.29, 0.717) is 29.7 Å². The lowest BCUT2D eigenvalue weighted by Crippen LogP contribution is -2.49. The maximum absolute atomic E-state index is 12.5. The minimum atomic E-state index is -3.83. The average molecular weight is 440 g/mol. The minimum Gasteiger partial charge on any atom is -0.462 e. The van der Waals surface area contributed by atoms with Crippen molar-refractivity contribution in [3.63, 3.8) is 0 Å². The van der Waals surface area contributed by atoms with E-state index in [0.717, 1.165) is 5.39 Å². The zero-order valence-electron chi connectivity index (χ0n) is 16.6. The normalized spacial score (nSPS) is 18.2. The van der Waals surface area contributed by atoms with Crippen molar-refractivity contribution in [3.8, 4) is 6.07 Å². The van der Waals surface area contributed by atoms with Gasteiger partial charge < -0.3 is 15.0 Å². The summed E-state index contributed by atoms with van der Waals surface area (Å²) in [5.74, 6) is -0.472. The van der Waals surface area contributed by atoms with Crippen molar-refractivity contribution in [1.29, 1.82) is 5.26 Å². The van der Waals surface area contributed by atoms with Crippen LogP contribution < -0.4 is 10.0 Å². The topological polar surface area (TPSA) is 150 Å². The van der Waals surface area contributed by atoms with Crippen molar-refractivity contribution < 1.29 is 17.9 Å². The van der Waals surface area contributed by atoms with E-state index in [1.165, 1.54) is 24.5 Å². The fourth-order valence-corrected chi connectivity index (χ4v) is 4.70. The first-order valence-corrected chi connectivity index (χ1v) is 11.2. The van der Waals surface area contributed by atoms with E-state index in [4.69, 9.17) is 10.00 Å². The number of anilines is 1. The third kappa shape index (κ3) is 4.21. The standard InChI is InChI=1S/C20H20N6O4S/c1-2-30-20(27)16-11-24-19-15(4-6-23-19)18(16)25-13-8-14(9-13)26-31(28,29)17-7-12(10-21)3-5-22-17/h3-7,11,13-14,26H,2,8-9H2,1H3,(H2,23,24,25)/t13-,14-. The largest absolute Gasteiger partial charge is 0.462 e. The third-order valence-electron chi connectivity index (χ3n) is 5.03. The first-order chi connectivity index (χ1) is 14.9. The molecule has 11 heteroatoms. The van der Waals surface area contributed by atoms with E-state index in [-0.39, 0.29) is 29.3 Å². The number of carbonyl (C=O) groups excluding carboxylic acids is 1. The highest BCUT2D eigenvalue weighted by Crippen LogP contribution is 2.31. The van der Waals surface area contributed by atoms with E-state index in [1.807, 2.05) is 12.1 Å². The van der Waals surface area contributed by atoms with E-state index >= 15 is 0 Å². The Kier molecular flexibility index (Phi) is 5.58. The molecule has 3 heterocycles. The van der Waals surface area contributed by atoms with Crippen molar-refractivity contribution in [2.24, 2.45) is 0 Å². The van der Waals surface area contributed by atoms with E-state index in [2.05, 4.69) is 25.0 Å². The fourth-order valence-electron chi connectivity index (χ4n) is 3.47. The number of nitriles is 1. The molecule has 0 bridgehead atoms. The molecule has 0 amide bonds. The van der Waals surface area contributed by atoms with Crippen molar-refractivity contribution in [2.75, 3.05) is 11.9 Å². The summed E-state index contributed by atoms with van der Waals surface area (Å²) in [5.41, 5.74) is 1.80. The molecular formula is C20H20N6O4S. The number of esters is 1. The average Bonchev–Trinajstić information content (AvgIpc) is 3.21. The van der Waals surface area contributed by atoms with Crippen LogP contribution in [0.5, 0.6) is 0 Å². The van der Waals surface area contributed by atoms with Crippen LogP contribution in [0.15, 0.2) is 41.8 Å². The number of hydrogen-bond acceptors (Lipinski definition) is 8. The monoisotopic (exact) mass is 440 g/mol. The Labute approximate surface area is 178 Å². The quantitative estimate of drug-likeness (QED) is 0.472. The second-order valence-corrected chi connectivity index (χ2v) is 8.79. The van der Waals surface area contributed by atoms with Crippen LogP contribution in [0.4, 0.5) is 5.69 Å². The SMILES string of the molecule is CCOC(=O)c1cnc2[nH]ccc2c1N[C@H]1C[C@H](NS(=O)(=O)c2cc(C#N)ccn2)C1. The molecule has 1 fully saturated rings. The number of carbonyl (C=O) groups is 1. The number of sulfonamides is 1. The summed E-state index contributed by atoms with van der Waals surface area (Å²) >= 11 is 0. The van der Waals surface area contributed by atoms with E-state index in [9.17, 15) is 13.2 Å². The Morgan fingerprint density at radius 1 is 1.32 bits per heavy atom. The Balaban J connectivity index is 1.46. The summed E-state index contributed by atoms with van der Waals surface area (Å²) in [6, 6.07) is 6.08. The number of pyridine rings is 2. The van der Waals surface area contributed by atoms with Gasteiger partial charge in [0.05, 0.1) is 23.9 Å². The van der Waals surface area contributed by atoms with Gasteiger partial charge in [-0.3, -0.25) is 0 Å². The first kappa shape index (κ1) is 20.8. The highest BCUT2D eigenvalue weighted by Gasteiger charge is 2.34. The molecule has 0 aromatic carbocycles. The molecule has 1 aliphatic rings. The molecule has 31 heavy (non-hydrogen) atoms. The lowest BCUT2D eigenvalue weighted by molar-refractivity contribution is 0.0527. The van der Waals surface area contributed by atoms with Crippen molar-refractivity contribution >= 4 is 32.7 Å². The summed E-state index contributed by atoms with van der Waals surface area (Å²) in [4.78, 5) is 23.5. The number of aromatic nitrogens is 3. The molecule has 1 aliphatic carbocycles. The number of nitrogens with one attached hydrogen (secondary N) is 3. The summed E-state index contributed by atoms with van der Waals surface area (Å²) < 4.78 is 32.8. The number of rotatable bonds is 7. The Hall–Kier alpha value is -3.49. The molecule has 1 saturated carbocycles. The van der Waals surface area contributed by atoms with Crippen LogP contribution in [0, 0.1) is 11.3 Å². The molecule has 160 valence electrons. The maximum Gasteiger partial charge on any atom is 0.341 e. The van der Waals surface area contributed by atoms with Gasteiger partial charge in [0.1, 0.15) is 11.2 Å². The van der Waals surface area contributed by atoms with Gasteiger partial charge in [-0.1, -0.05) is 0 Å². The zero-order chi connectivity index (χ0) is 22.0. The second-order valence-electron chi connectivity index (χ2n) is 7.13. The molecule has 0 atom stereocenters. The number of ether oxygens (including phenoxy) is 1. The molecule has 10 nitrogen and oxygen atoms in total. The van der Waals surface area contributed by atoms with Gasteiger partial charge >= 0.3 is 5.97 Å². The molecule has 0 spiro atoms. The smallest absolute Gasteiger partial charge is 0.341 e.